The van der Waals surface area contributed by atoms with Gasteiger partial charge in [0.15, 0.2) is 0 Å². The molecule has 0 aromatic heterocycles. The van der Waals surface area contributed by atoms with Gasteiger partial charge in [-0.2, -0.15) is 11.8 Å². The van der Waals surface area contributed by atoms with E-state index in [4.69, 9.17) is 10.5 Å². The Labute approximate surface area is 109 Å². The third-order valence-electron chi connectivity index (χ3n) is 4.16. The zero-order valence-electron chi connectivity index (χ0n) is 11.1. The second kappa shape index (κ2) is 6.41. The first-order valence-corrected chi connectivity index (χ1v) is 8.06. The Kier molecular flexibility index (Phi) is 5.15. The second-order valence-electron chi connectivity index (χ2n) is 5.33. The predicted octanol–water partition coefficient (Wildman–Crippen LogP) is 1.57. The number of hydrogen-bond acceptors (Lipinski definition) is 4. The minimum absolute atomic E-state index is 0.362. The molecule has 3 nitrogen and oxygen atoms in total. The molecule has 2 rings (SSSR count). The van der Waals surface area contributed by atoms with Crippen LogP contribution in [0.4, 0.5) is 0 Å². The highest BCUT2D eigenvalue weighted by atomic mass is 32.2. The van der Waals surface area contributed by atoms with Gasteiger partial charge >= 0.3 is 0 Å². The lowest BCUT2D eigenvalue weighted by Gasteiger charge is -2.44. The highest BCUT2D eigenvalue weighted by Crippen LogP contribution is 2.31. The van der Waals surface area contributed by atoms with Crippen molar-refractivity contribution in [3.8, 4) is 0 Å². The minimum atomic E-state index is 0.362. The van der Waals surface area contributed by atoms with Crippen LogP contribution in [0, 0.1) is 5.92 Å². The van der Waals surface area contributed by atoms with Crippen molar-refractivity contribution in [1.29, 1.82) is 0 Å². The first kappa shape index (κ1) is 13.7. The van der Waals surface area contributed by atoms with Crippen LogP contribution in [0.15, 0.2) is 0 Å². The molecule has 0 aliphatic carbocycles. The van der Waals surface area contributed by atoms with E-state index in [9.17, 15) is 0 Å². The predicted molar refractivity (Wildman–Crippen MR) is 74.5 cm³/mol. The first-order chi connectivity index (χ1) is 8.26. The maximum atomic E-state index is 6.05. The molecular weight excluding hydrogens is 232 g/mol. The van der Waals surface area contributed by atoms with Gasteiger partial charge in [-0.15, -0.1) is 0 Å². The Morgan fingerprint density at radius 1 is 1.53 bits per heavy atom. The Balaban J connectivity index is 2.03. The number of hydrogen-bond donors (Lipinski definition) is 1. The van der Waals surface area contributed by atoms with E-state index in [0.717, 1.165) is 25.6 Å². The lowest BCUT2D eigenvalue weighted by Crippen LogP contribution is -2.57. The average Bonchev–Trinajstić information content (AvgIpc) is 2.84. The first-order valence-electron chi connectivity index (χ1n) is 6.91. The maximum absolute atomic E-state index is 6.05. The third kappa shape index (κ3) is 3.16. The van der Waals surface area contributed by atoms with E-state index >= 15 is 0 Å². The number of ether oxygens (including phenoxy) is 1. The average molecular weight is 258 g/mol. The van der Waals surface area contributed by atoms with Crippen LogP contribution in [0.25, 0.3) is 0 Å². The molecule has 17 heavy (non-hydrogen) atoms. The molecule has 0 spiro atoms. The molecule has 4 atom stereocenters. The molecule has 2 fully saturated rings. The summed E-state index contributed by atoms with van der Waals surface area (Å²) in [7, 11) is 0. The van der Waals surface area contributed by atoms with Crippen molar-refractivity contribution in [3.63, 3.8) is 0 Å². The van der Waals surface area contributed by atoms with Crippen molar-refractivity contribution in [2.24, 2.45) is 11.7 Å². The summed E-state index contributed by atoms with van der Waals surface area (Å²) in [6, 6.07) is 1.15. The van der Waals surface area contributed by atoms with E-state index in [-0.39, 0.29) is 0 Å². The van der Waals surface area contributed by atoms with Gasteiger partial charge in [-0.05, 0) is 37.2 Å². The Hall–Kier alpha value is 0.230. The molecular formula is C13H26N2OS. The SMILES string of the molecule is CCC1COC(C)CN1C(CN)C1CCSC1. The van der Waals surface area contributed by atoms with Gasteiger partial charge in [-0.1, -0.05) is 6.92 Å². The van der Waals surface area contributed by atoms with Crippen LogP contribution in [-0.2, 0) is 4.74 Å². The van der Waals surface area contributed by atoms with Gasteiger partial charge in [0.2, 0.25) is 0 Å². The summed E-state index contributed by atoms with van der Waals surface area (Å²) in [5.74, 6) is 3.41. The van der Waals surface area contributed by atoms with Crippen molar-refractivity contribution in [2.45, 2.75) is 44.9 Å². The topological polar surface area (TPSA) is 38.5 Å². The van der Waals surface area contributed by atoms with Gasteiger partial charge < -0.3 is 10.5 Å². The largest absolute Gasteiger partial charge is 0.376 e. The Bertz CT molecular complexity index is 233. The quantitative estimate of drug-likeness (QED) is 0.831. The summed E-state index contributed by atoms with van der Waals surface area (Å²) >= 11 is 2.09. The number of nitrogens with two attached hydrogens (primary N) is 1. The molecule has 0 aromatic carbocycles. The van der Waals surface area contributed by atoms with E-state index in [1.54, 1.807) is 0 Å². The zero-order valence-corrected chi connectivity index (χ0v) is 11.9. The van der Waals surface area contributed by atoms with Crippen LogP contribution < -0.4 is 5.73 Å². The number of morpholine rings is 1. The standard InChI is InChI=1S/C13H26N2OS/c1-3-12-8-16-10(2)7-15(12)13(6-14)11-4-5-17-9-11/h10-13H,3-9,14H2,1-2H3. The van der Waals surface area contributed by atoms with Gasteiger partial charge in [0.05, 0.1) is 12.7 Å². The number of thioether (sulfide) groups is 1. The fraction of sp³-hybridized carbons (Fsp3) is 1.00. The van der Waals surface area contributed by atoms with Gasteiger partial charge in [0, 0.05) is 25.2 Å². The van der Waals surface area contributed by atoms with E-state index in [0.29, 0.717) is 18.2 Å². The molecule has 2 saturated heterocycles. The Morgan fingerprint density at radius 2 is 2.35 bits per heavy atom. The van der Waals surface area contributed by atoms with E-state index in [1.807, 2.05) is 0 Å². The van der Waals surface area contributed by atoms with Crippen LogP contribution in [0.5, 0.6) is 0 Å². The van der Waals surface area contributed by atoms with Crippen molar-refractivity contribution >= 4 is 11.8 Å². The van der Waals surface area contributed by atoms with Crippen LogP contribution >= 0.6 is 11.8 Å². The van der Waals surface area contributed by atoms with Gasteiger partial charge in [0.25, 0.3) is 0 Å². The number of rotatable bonds is 4. The van der Waals surface area contributed by atoms with Crippen molar-refractivity contribution < 1.29 is 4.74 Å². The summed E-state index contributed by atoms with van der Waals surface area (Å²) < 4.78 is 5.78. The fourth-order valence-corrected chi connectivity index (χ4v) is 4.41. The van der Waals surface area contributed by atoms with Gasteiger partial charge in [0.1, 0.15) is 0 Å². The molecule has 100 valence electrons. The molecule has 4 heteroatoms. The second-order valence-corrected chi connectivity index (χ2v) is 6.48. The molecule has 2 aliphatic heterocycles. The third-order valence-corrected chi connectivity index (χ3v) is 5.35. The molecule has 0 saturated carbocycles. The smallest absolute Gasteiger partial charge is 0.0674 e. The molecule has 2 heterocycles. The molecule has 0 aromatic rings. The molecule has 0 amide bonds. The normalized spacial score (nSPS) is 37.2. The van der Waals surface area contributed by atoms with E-state index in [2.05, 4.69) is 30.5 Å². The lowest BCUT2D eigenvalue weighted by molar-refractivity contribution is -0.0782. The highest BCUT2D eigenvalue weighted by Gasteiger charge is 2.35. The van der Waals surface area contributed by atoms with Crippen LogP contribution in [-0.4, -0.2) is 54.3 Å². The molecule has 2 N–H and O–H groups in total. The summed E-state index contributed by atoms with van der Waals surface area (Å²) in [6.45, 7) is 7.17. The van der Waals surface area contributed by atoms with Crippen LogP contribution in [0.2, 0.25) is 0 Å². The molecule has 2 aliphatic rings. The van der Waals surface area contributed by atoms with E-state index in [1.165, 1.54) is 24.3 Å². The number of nitrogens with zero attached hydrogens (tertiary/aromatic N) is 1. The van der Waals surface area contributed by atoms with Crippen molar-refractivity contribution in [2.75, 3.05) is 31.2 Å². The van der Waals surface area contributed by atoms with Crippen molar-refractivity contribution in [3.05, 3.63) is 0 Å². The monoisotopic (exact) mass is 258 g/mol. The minimum Gasteiger partial charge on any atom is -0.376 e. The molecule has 0 bridgehead atoms. The molecule has 4 unspecified atom stereocenters. The summed E-state index contributed by atoms with van der Waals surface area (Å²) in [4.78, 5) is 2.64. The Morgan fingerprint density at radius 3 is 2.94 bits per heavy atom. The van der Waals surface area contributed by atoms with Gasteiger partial charge in [-0.25, -0.2) is 0 Å². The highest BCUT2D eigenvalue weighted by molar-refractivity contribution is 7.99. The summed E-state index contributed by atoms with van der Waals surface area (Å²) in [5.41, 5.74) is 6.05. The molecule has 0 radical (unpaired) electrons. The van der Waals surface area contributed by atoms with Crippen LogP contribution in [0.1, 0.15) is 26.7 Å². The fourth-order valence-electron chi connectivity index (χ4n) is 3.08. The zero-order chi connectivity index (χ0) is 12.3. The van der Waals surface area contributed by atoms with Crippen LogP contribution in [0.3, 0.4) is 0 Å². The summed E-state index contributed by atoms with van der Waals surface area (Å²) in [6.07, 6.45) is 2.87. The maximum Gasteiger partial charge on any atom is 0.0674 e. The van der Waals surface area contributed by atoms with Crippen molar-refractivity contribution in [1.82, 2.24) is 4.90 Å². The summed E-state index contributed by atoms with van der Waals surface area (Å²) in [5, 5.41) is 0. The lowest BCUT2D eigenvalue weighted by atomic mass is 9.94. The van der Waals surface area contributed by atoms with E-state index < -0.39 is 0 Å². The van der Waals surface area contributed by atoms with Gasteiger partial charge in [-0.3, -0.25) is 4.90 Å².